The lowest BCUT2D eigenvalue weighted by molar-refractivity contribution is 0.0743. The van der Waals surface area contributed by atoms with Crippen molar-refractivity contribution in [3.63, 3.8) is 0 Å². The maximum absolute atomic E-state index is 12.7. The van der Waals surface area contributed by atoms with E-state index in [2.05, 4.69) is 4.98 Å². The normalized spacial score (nSPS) is 16.9. The van der Waals surface area contributed by atoms with E-state index in [1.54, 1.807) is 29.5 Å². The highest BCUT2D eigenvalue weighted by atomic mass is 16.5. The van der Waals surface area contributed by atoms with Crippen LogP contribution in [0.3, 0.4) is 0 Å². The molecule has 2 heterocycles. The maximum Gasteiger partial charge on any atom is 0.254 e. The molecule has 2 aromatic rings. The first-order chi connectivity index (χ1) is 11.8. The lowest BCUT2D eigenvalue weighted by Gasteiger charge is -2.28. The van der Waals surface area contributed by atoms with Gasteiger partial charge < -0.3 is 9.64 Å². The van der Waals surface area contributed by atoms with E-state index in [0.29, 0.717) is 17.2 Å². The van der Waals surface area contributed by atoms with Crippen molar-refractivity contribution in [2.75, 3.05) is 13.1 Å². The minimum absolute atomic E-state index is 0.0846. The van der Waals surface area contributed by atoms with Gasteiger partial charge in [0.1, 0.15) is 5.75 Å². The van der Waals surface area contributed by atoms with Crippen LogP contribution in [-0.2, 0) is 0 Å². The third-order valence-corrected chi connectivity index (χ3v) is 4.60. The first-order valence-electron chi connectivity index (χ1n) is 8.47. The molecule has 1 aliphatic heterocycles. The molecular weight excluding hydrogens is 300 g/mol. The zero-order valence-corrected chi connectivity index (χ0v) is 13.6. The Hall–Kier alpha value is -2.62. The molecule has 0 spiro atoms. The van der Waals surface area contributed by atoms with Gasteiger partial charge in [-0.15, -0.1) is 0 Å². The van der Waals surface area contributed by atoms with Crippen LogP contribution in [0.2, 0.25) is 0 Å². The quantitative estimate of drug-likeness (QED) is 0.796. The number of carbonyl (C=O) groups excluding carboxylic acids is 1. The standard InChI is InChI=1S/C20H20N2O2/c23-20(22-12-9-16(10-13-22)15-7-8-15)17-4-3-5-18(14-17)24-19-6-1-2-11-21-19/h1-6,11,14H,7-10,12-13H2. The Bertz CT molecular complexity index is 767. The van der Waals surface area contributed by atoms with Crippen LogP contribution in [0.15, 0.2) is 59.8 Å². The second kappa shape index (κ2) is 6.48. The molecule has 1 amide bonds. The molecule has 1 aromatic heterocycles. The third-order valence-electron chi connectivity index (χ3n) is 4.60. The van der Waals surface area contributed by atoms with Crippen LogP contribution in [-0.4, -0.2) is 28.9 Å². The molecule has 122 valence electrons. The maximum atomic E-state index is 12.7. The molecule has 4 rings (SSSR count). The minimum atomic E-state index is 0.0846. The number of amides is 1. The summed E-state index contributed by atoms with van der Waals surface area (Å²) in [5.74, 6) is 1.25. The Morgan fingerprint density at radius 1 is 0.958 bits per heavy atom. The number of piperidine rings is 1. The van der Waals surface area contributed by atoms with Crippen LogP contribution in [0.1, 0.15) is 36.0 Å². The smallest absolute Gasteiger partial charge is 0.254 e. The number of rotatable bonds is 3. The van der Waals surface area contributed by atoms with Crippen molar-refractivity contribution in [3.05, 3.63) is 65.4 Å². The molecule has 1 aliphatic carbocycles. The highest BCUT2D eigenvalue weighted by Crippen LogP contribution is 2.36. The summed E-state index contributed by atoms with van der Waals surface area (Å²) in [6.07, 6.45) is 6.30. The Morgan fingerprint density at radius 2 is 1.75 bits per heavy atom. The molecule has 2 aliphatic rings. The van der Waals surface area contributed by atoms with Gasteiger partial charge in [-0.05, 0) is 49.9 Å². The number of carbonyl (C=O) groups is 1. The van der Waals surface area contributed by atoms with Crippen molar-refractivity contribution in [1.82, 2.24) is 9.88 Å². The van der Waals surface area contributed by atoms with Crippen molar-refractivity contribution >= 4 is 5.91 Å². The van der Waals surface area contributed by atoms with Gasteiger partial charge in [0.05, 0.1) is 0 Å². The summed E-state index contributed by atoms with van der Waals surface area (Å²) in [6.45, 7) is 1.64. The first-order valence-corrected chi connectivity index (χ1v) is 8.47. The molecule has 1 saturated heterocycles. The largest absolute Gasteiger partial charge is 0.439 e. The van der Waals surface area contributed by atoms with Gasteiger partial charge in [0.2, 0.25) is 5.88 Å². The highest BCUT2D eigenvalue weighted by Gasteiger charge is 2.25. The minimum Gasteiger partial charge on any atom is -0.439 e. The number of benzene rings is 1. The SMILES string of the molecule is O=C(c1cccc(Oc2ccccn2)c1)N1CCC(=C2CC2)CC1. The lowest BCUT2D eigenvalue weighted by Crippen LogP contribution is -2.36. The molecule has 0 unspecified atom stereocenters. The molecule has 2 fully saturated rings. The molecule has 0 atom stereocenters. The fraction of sp³-hybridized carbons (Fsp3) is 0.300. The Morgan fingerprint density at radius 3 is 2.46 bits per heavy atom. The summed E-state index contributed by atoms with van der Waals surface area (Å²) in [4.78, 5) is 18.8. The van der Waals surface area contributed by atoms with E-state index in [4.69, 9.17) is 4.74 Å². The summed E-state index contributed by atoms with van der Waals surface area (Å²) < 4.78 is 5.72. The van der Waals surface area contributed by atoms with Crippen molar-refractivity contribution in [1.29, 1.82) is 0 Å². The predicted octanol–water partition coefficient (Wildman–Crippen LogP) is 4.20. The fourth-order valence-electron chi connectivity index (χ4n) is 3.15. The first kappa shape index (κ1) is 14.9. The van der Waals surface area contributed by atoms with E-state index in [9.17, 15) is 4.79 Å². The molecule has 4 heteroatoms. The van der Waals surface area contributed by atoms with Crippen LogP contribution in [0.4, 0.5) is 0 Å². The van der Waals surface area contributed by atoms with E-state index in [1.807, 2.05) is 35.2 Å². The molecule has 0 N–H and O–H groups in total. The van der Waals surface area contributed by atoms with Crippen molar-refractivity contribution in [2.24, 2.45) is 0 Å². The monoisotopic (exact) mass is 320 g/mol. The summed E-state index contributed by atoms with van der Waals surface area (Å²) in [6, 6.07) is 12.9. The molecule has 1 aromatic carbocycles. The van der Waals surface area contributed by atoms with Crippen molar-refractivity contribution < 1.29 is 9.53 Å². The van der Waals surface area contributed by atoms with Crippen LogP contribution in [0.25, 0.3) is 0 Å². The topological polar surface area (TPSA) is 42.4 Å². The van der Waals surface area contributed by atoms with Crippen molar-refractivity contribution in [3.8, 4) is 11.6 Å². The number of allylic oxidation sites excluding steroid dienone is 1. The van der Waals surface area contributed by atoms with Gasteiger partial charge in [0.15, 0.2) is 0 Å². The number of hydrogen-bond acceptors (Lipinski definition) is 3. The summed E-state index contributed by atoms with van der Waals surface area (Å²) >= 11 is 0. The summed E-state index contributed by atoms with van der Waals surface area (Å²) in [7, 11) is 0. The number of ether oxygens (including phenoxy) is 1. The van der Waals surface area contributed by atoms with E-state index >= 15 is 0 Å². The Labute approximate surface area is 141 Å². The van der Waals surface area contributed by atoms with Gasteiger partial charge in [-0.2, -0.15) is 0 Å². The molecule has 4 nitrogen and oxygen atoms in total. The number of hydrogen-bond donors (Lipinski definition) is 0. The third kappa shape index (κ3) is 3.32. The van der Waals surface area contributed by atoms with Gasteiger partial charge in [0.25, 0.3) is 5.91 Å². The van der Waals surface area contributed by atoms with Gasteiger partial charge in [-0.25, -0.2) is 4.98 Å². The van der Waals surface area contributed by atoms with Gasteiger partial charge in [-0.1, -0.05) is 23.3 Å². The van der Waals surface area contributed by atoms with Crippen molar-refractivity contribution in [2.45, 2.75) is 25.7 Å². The molecular formula is C20H20N2O2. The zero-order valence-electron chi connectivity index (χ0n) is 13.6. The number of nitrogens with zero attached hydrogens (tertiary/aromatic N) is 2. The second-order valence-electron chi connectivity index (χ2n) is 6.30. The summed E-state index contributed by atoms with van der Waals surface area (Å²) in [5, 5.41) is 0. The lowest BCUT2D eigenvalue weighted by atomic mass is 10.0. The zero-order chi connectivity index (χ0) is 16.4. The summed E-state index contributed by atoms with van der Waals surface area (Å²) in [5.41, 5.74) is 3.89. The van der Waals surface area contributed by atoms with E-state index < -0.39 is 0 Å². The molecule has 1 saturated carbocycles. The molecule has 0 bridgehead atoms. The molecule has 0 radical (unpaired) electrons. The van der Waals surface area contributed by atoms with E-state index in [-0.39, 0.29) is 5.91 Å². The predicted molar refractivity (Wildman–Crippen MR) is 92.2 cm³/mol. The van der Waals surface area contributed by atoms with E-state index in [1.165, 1.54) is 12.8 Å². The van der Waals surface area contributed by atoms with Crippen LogP contribution < -0.4 is 4.74 Å². The average molecular weight is 320 g/mol. The van der Waals surface area contributed by atoms with Crippen LogP contribution in [0.5, 0.6) is 11.6 Å². The molecule has 24 heavy (non-hydrogen) atoms. The highest BCUT2D eigenvalue weighted by molar-refractivity contribution is 5.94. The van der Waals surface area contributed by atoms with Crippen LogP contribution in [0, 0.1) is 0 Å². The Kier molecular flexibility index (Phi) is 4.03. The fourth-order valence-corrected chi connectivity index (χ4v) is 3.15. The second-order valence-corrected chi connectivity index (χ2v) is 6.30. The van der Waals surface area contributed by atoms with Gasteiger partial charge >= 0.3 is 0 Å². The van der Waals surface area contributed by atoms with Gasteiger partial charge in [-0.3, -0.25) is 4.79 Å². The van der Waals surface area contributed by atoms with Gasteiger partial charge in [0, 0.05) is 30.9 Å². The average Bonchev–Trinajstić information content (AvgIpc) is 3.48. The van der Waals surface area contributed by atoms with E-state index in [0.717, 1.165) is 25.9 Å². The Balaban J connectivity index is 1.45. The number of aromatic nitrogens is 1. The number of pyridine rings is 1. The van der Waals surface area contributed by atoms with Crippen LogP contribution >= 0.6 is 0 Å². The number of likely N-dealkylation sites (tertiary alicyclic amines) is 1.